The SMILES string of the molecule is CCc1nc2cnc3ccccc3c2n1CCCCOC(N)=O. The minimum absolute atomic E-state index is 0.353. The first-order valence-corrected chi connectivity index (χ1v) is 7.85. The van der Waals surface area contributed by atoms with Crippen molar-refractivity contribution in [2.24, 2.45) is 5.73 Å². The molecule has 2 aromatic heterocycles. The lowest BCUT2D eigenvalue weighted by molar-refractivity contribution is 0.154. The molecule has 120 valence electrons. The molecular formula is C17H20N4O2. The number of primary amides is 1. The van der Waals surface area contributed by atoms with Gasteiger partial charge < -0.3 is 15.0 Å². The van der Waals surface area contributed by atoms with Crippen LogP contribution in [0.25, 0.3) is 21.9 Å². The van der Waals surface area contributed by atoms with E-state index in [-0.39, 0.29) is 0 Å². The van der Waals surface area contributed by atoms with Crippen LogP contribution < -0.4 is 5.73 Å². The molecule has 0 saturated carbocycles. The van der Waals surface area contributed by atoms with Crippen LogP contribution >= 0.6 is 0 Å². The molecule has 6 heteroatoms. The molecule has 1 amide bonds. The number of hydrogen-bond acceptors (Lipinski definition) is 4. The van der Waals surface area contributed by atoms with Gasteiger partial charge in [0, 0.05) is 18.4 Å². The molecule has 3 aromatic rings. The largest absolute Gasteiger partial charge is 0.450 e. The minimum atomic E-state index is -0.718. The van der Waals surface area contributed by atoms with Gasteiger partial charge in [0.1, 0.15) is 11.3 Å². The van der Waals surface area contributed by atoms with Gasteiger partial charge in [0.2, 0.25) is 0 Å². The molecule has 0 aliphatic rings. The summed E-state index contributed by atoms with van der Waals surface area (Å²) in [5.41, 5.74) is 7.99. The fraction of sp³-hybridized carbons (Fsp3) is 0.353. The number of ether oxygens (including phenoxy) is 1. The number of nitrogens with zero attached hydrogens (tertiary/aromatic N) is 3. The van der Waals surface area contributed by atoms with Crippen LogP contribution in [0, 0.1) is 0 Å². The van der Waals surface area contributed by atoms with E-state index >= 15 is 0 Å². The molecule has 6 nitrogen and oxygen atoms in total. The molecule has 0 atom stereocenters. The third-order valence-corrected chi connectivity index (χ3v) is 3.90. The Bertz CT molecular complexity index is 841. The van der Waals surface area contributed by atoms with Crippen LogP contribution in [0.5, 0.6) is 0 Å². The zero-order chi connectivity index (χ0) is 16.2. The number of pyridine rings is 1. The fourth-order valence-corrected chi connectivity index (χ4v) is 2.87. The Hall–Kier alpha value is -2.63. The van der Waals surface area contributed by atoms with Crippen molar-refractivity contribution >= 4 is 28.0 Å². The lowest BCUT2D eigenvalue weighted by Crippen LogP contribution is -2.14. The highest BCUT2D eigenvalue weighted by atomic mass is 16.5. The van der Waals surface area contributed by atoms with E-state index in [0.717, 1.165) is 53.6 Å². The molecule has 0 aliphatic heterocycles. The maximum Gasteiger partial charge on any atom is 0.404 e. The minimum Gasteiger partial charge on any atom is -0.450 e. The molecule has 23 heavy (non-hydrogen) atoms. The first-order chi connectivity index (χ1) is 11.2. The Morgan fingerprint density at radius 2 is 2.09 bits per heavy atom. The van der Waals surface area contributed by atoms with Gasteiger partial charge in [-0.15, -0.1) is 0 Å². The molecule has 0 saturated heterocycles. The van der Waals surface area contributed by atoms with Gasteiger partial charge in [-0.1, -0.05) is 25.1 Å². The number of para-hydroxylation sites is 1. The second kappa shape index (κ2) is 6.64. The number of imidazole rings is 1. The van der Waals surface area contributed by atoms with Gasteiger partial charge in [0.25, 0.3) is 0 Å². The monoisotopic (exact) mass is 312 g/mol. The van der Waals surface area contributed by atoms with E-state index in [1.54, 1.807) is 0 Å². The van der Waals surface area contributed by atoms with E-state index in [2.05, 4.69) is 22.5 Å². The fourth-order valence-electron chi connectivity index (χ4n) is 2.87. The number of rotatable bonds is 6. The summed E-state index contributed by atoms with van der Waals surface area (Å²) in [7, 11) is 0. The summed E-state index contributed by atoms with van der Waals surface area (Å²) >= 11 is 0. The van der Waals surface area contributed by atoms with Crippen LogP contribution in [0.3, 0.4) is 0 Å². The van der Waals surface area contributed by atoms with E-state index in [0.29, 0.717) is 6.61 Å². The number of carbonyl (C=O) groups excluding carboxylic acids is 1. The Morgan fingerprint density at radius 1 is 1.26 bits per heavy atom. The zero-order valence-corrected chi connectivity index (χ0v) is 13.2. The molecule has 2 N–H and O–H groups in total. The van der Waals surface area contributed by atoms with Crippen LogP contribution in [-0.2, 0) is 17.7 Å². The van der Waals surface area contributed by atoms with Crippen LogP contribution in [0.15, 0.2) is 30.5 Å². The number of benzene rings is 1. The number of unbranched alkanes of at least 4 members (excludes halogenated alkanes) is 1. The lowest BCUT2D eigenvalue weighted by Gasteiger charge is -2.09. The van der Waals surface area contributed by atoms with Crippen LogP contribution in [0.2, 0.25) is 0 Å². The highest BCUT2D eigenvalue weighted by molar-refractivity contribution is 6.02. The summed E-state index contributed by atoms with van der Waals surface area (Å²) in [4.78, 5) is 19.8. The van der Waals surface area contributed by atoms with Gasteiger partial charge in [-0.05, 0) is 18.9 Å². The second-order valence-corrected chi connectivity index (χ2v) is 5.42. The smallest absolute Gasteiger partial charge is 0.404 e. The Morgan fingerprint density at radius 3 is 2.87 bits per heavy atom. The molecule has 0 bridgehead atoms. The van der Waals surface area contributed by atoms with Crippen molar-refractivity contribution in [3.8, 4) is 0 Å². The summed E-state index contributed by atoms with van der Waals surface area (Å²) in [6, 6.07) is 8.10. The molecule has 3 rings (SSSR count). The first kappa shape index (κ1) is 15.3. The van der Waals surface area contributed by atoms with Crippen LogP contribution in [-0.4, -0.2) is 27.2 Å². The Balaban J connectivity index is 1.91. The third-order valence-electron chi connectivity index (χ3n) is 3.90. The van der Waals surface area contributed by atoms with Crippen LogP contribution in [0.1, 0.15) is 25.6 Å². The molecule has 0 aliphatic carbocycles. The normalized spacial score (nSPS) is 11.2. The number of carbonyl (C=O) groups is 1. The molecular weight excluding hydrogens is 292 g/mol. The number of aryl methyl sites for hydroxylation is 2. The van der Waals surface area contributed by atoms with Crippen molar-refractivity contribution in [1.29, 1.82) is 0 Å². The molecule has 1 aromatic carbocycles. The van der Waals surface area contributed by atoms with E-state index in [1.807, 2.05) is 24.4 Å². The van der Waals surface area contributed by atoms with Crippen molar-refractivity contribution < 1.29 is 9.53 Å². The number of amides is 1. The molecule has 2 heterocycles. The lowest BCUT2D eigenvalue weighted by atomic mass is 10.2. The van der Waals surface area contributed by atoms with Gasteiger partial charge in [-0.2, -0.15) is 0 Å². The highest BCUT2D eigenvalue weighted by Gasteiger charge is 2.12. The van der Waals surface area contributed by atoms with Gasteiger partial charge >= 0.3 is 6.09 Å². The van der Waals surface area contributed by atoms with E-state index < -0.39 is 6.09 Å². The number of fused-ring (bicyclic) bond motifs is 3. The molecule has 0 fully saturated rings. The predicted molar refractivity (Wildman–Crippen MR) is 89.2 cm³/mol. The van der Waals surface area contributed by atoms with Crippen molar-refractivity contribution in [1.82, 2.24) is 14.5 Å². The average molecular weight is 312 g/mol. The van der Waals surface area contributed by atoms with Crippen molar-refractivity contribution in [2.45, 2.75) is 32.7 Å². The standard InChI is InChI=1S/C17H20N4O2/c1-2-15-20-14-11-19-13-8-4-3-7-12(13)16(14)21(15)9-5-6-10-23-17(18)22/h3-4,7-8,11H,2,5-6,9-10H2,1H3,(H2,18,22). The average Bonchev–Trinajstić information content (AvgIpc) is 2.92. The third kappa shape index (κ3) is 3.11. The summed E-state index contributed by atoms with van der Waals surface area (Å²) in [6.45, 7) is 3.28. The molecule has 0 unspecified atom stereocenters. The topological polar surface area (TPSA) is 83.0 Å². The number of nitrogens with two attached hydrogens (primary N) is 1. The number of aromatic nitrogens is 3. The molecule has 0 spiro atoms. The predicted octanol–water partition coefficient (Wildman–Crippen LogP) is 3.02. The van der Waals surface area contributed by atoms with Crippen LogP contribution in [0.4, 0.5) is 4.79 Å². The van der Waals surface area contributed by atoms with E-state index in [9.17, 15) is 4.79 Å². The second-order valence-electron chi connectivity index (χ2n) is 5.42. The van der Waals surface area contributed by atoms with Gasteiger partial charge in [-0.25, -0.2) is 9.78 Å². The van der Waals surface area contributed by atoms with Crippen molar-refractivity contribution in [3.63, 3.8) is 0 Å². The maximum absolute atomic E-state index is 10.6. The number of hydrogen-bond donors (Lipinski definition) is 1. The Labute approximate surface area is 134 Å². The summed E-state index contributed by atoms with van der Waals surface area (Å²) < 4.78 is 7.03. The first-order valence-electron chi connectivity index (χ1n) is 7.85. The quantitative estimate of drug-likeness (QED) is 0.709. The van der Waals surface area contributed by atoms with Gasteiger partial charge in [-0.3, -0.25) is 4.98 Å². The maximum atomic E-state index is 10.6. The van der Waals surface area contributed by atoms with E-state index in [4.69, 9.17) is 15.5 Å². The summed E-state index contributed by atoms with van der Waals surface area (Å²) in [5.74, 6) is 1.05. The van der Waals surface area contributed by atoms with Gasteiger partial charge in [0.05, 0.1) is 23.8 Å². The van der Waals surface area contributed by atoms with E-state index in [1.165, 1.54) is 0 Å². The van der Waals surface area contributed by atoms with Crippen molar-refractivity contribution in [3.05, 3.63) is 36.3 Å². The van der Waals surface area contributed by atoms with Gasteiger partial charge in [0.15, 0.2) is 0 Å². The highest BCUT2D eigenvalue weighted by Crippen LogP contribution is 2.25. The zero-order valence-electron chi connectivity index (χ0n) is 13.2. The summed E-state index contributed by atoms with van der Waals surface area (Å²) in [6.07, 6.45) is 3.64. The summed E-state index contributed by atoms with van der Waals surface area (Å²) in [5, 5.41) is 1.12. The van der Waals surface area contributed by atoms with Crippen molar-refractivity contribution in [2.75, 3.05) is 6.61 Å². The molecule has 0 radical (unpaired) electrons. The Kier molecular flexibility index (Phi) is 4.41.